The lowest BCUT2D eigenvalue weighted by Crippen LogP contribution is -2.05. The van der Waals surface area contributed by atoms with E-state index in [9.17, 15) is 4.79 Å². The SMILES string of the molecule is CC(=O)Nc1ccc(-c2csc(Nc3ccccc3Br)n2)cc1. The van der Waals surface area contributed by atoms with E-state index in [0.29, 0.717) is 0 Å². The molecule has 0 bridgehead atoms. The van der Waals surface area contributed by atoms with Crippen LogP contribution in [-0.2, 0) is 4.79 Å². The third kappa shape index (κ3) is 3.97. The number of amides is 1. The molecule has 0 atom stereocenters. The molecule has 0 saturated heterocycles. The van der Waals surface area contributed by atoms with E-state index in [2.05, 4.69) is 31.5 Å². The molecular weight excluding hydrogens is 374 g/mol. The van der Waals surface area contributed by atoms with Crippen molar-refractivity contribution in [3.63, 3.8) is 0 Å². The van der Waals surface area contributed by atoms with Crippen LogP contribution in [0.3, 0.4) is 0 Å². The fourth-order valence-corrected chi connectivity index (χ4v) is 3.18. The Kier molecular flexibility index (Phi) is 4.73. The van der Waals surface area contributed by atoms with E-state index in [-0.39, 0.29) is 5.91 Å². The van der Waals surface area contributed by atoms with Crippen molar-refractivity contribution >= 4 is 49.7 Å². The number of rotatable bonds is 4. The van der Waals surface area contributed by atoms with Crippen LogP contribution in [-0.4, -0.2) is 10.9 Å². The number of nitrogens with zero attached hydrogens (tertiary/aromatic N) is 1. The number of hydrogen-bond donors (Lipinski definition) is 2. The van der Waals surface area contributed by atoms with Crippen molar-refractivity contribution in [3.8, 4) is 11.3 Å². The summed E-state index contributed by atoms with van der Waals surface area (Å²) in [6.45, 7) is 1.49. The van der Waals surface area contributed by atoms with Gasteiger partial charge < -0.3 is 10.6 Å². The second-order valence-corrected chi connectivity index (χ2v) is 6.61. The van der Waals surface area contributed by atoms with E-state index >= 15 is 0 Å². The molecule has 0 aliphatic heterocycles. The molecule has 0 fully saturated rings. The molecular formula is C17H14BrN3OS. The zero-order valence-corrected chi connectivity index (χ0v) is 14.7. The fraction of sp³-hybridized carbons (Fsp3) is 0.0588. The van der Waals surface area contributed by atoms with Crippen molar-refractivity contribution in [3.05, 3.63) is 58.4 Å². The molecule has 0 radical (unpaired) electrons. The van der Waals surface area contributed by atoms with Crippen LogP contribution in [0.15, 0.2) is 58.4 Å². The number of carbonyl (C=O) groups excluding carboxylic acids is 1. The first-order valence-electron chi connectivity index (χ1n) is 6.97. The van der Waals surface area contributed by atoms with Crippen molar-refractivity contribution in [2.45, 2.75) is 6.92 Å². The van der Waals surface area contributed by atoms with Gasteiger partial charge in [0, 0.05) is 28.0 Å². The number of carbonyl (C=O) groups is 1. The number of halogens is 1. The number of aromatic nitrogens is 1. The molecule has 0 aliphatic rings. The highest BCUT2D eigenvalue weighted by Crippen LogP contribution is 2.30. The van der Waals surface area contributed by atoms with Gasteiger partial charge in [0.2, 0.25) is 5.91 Å². The third-order valence-corrected chi connectivity index (χ3v) is 4.57. The summed E-state index contributed by atoms with van der Waals surface area (Å²) in [6, 6.07) is 15.6. The molecule has 1 heterocycles. The molecule has 116 valence electrons. The number of benzene rings is 2. The lowest BCUT2D eigenvalue weighted by molar-refractivity contribution is -0.114. The maximum atomic E-state index is 11.0. The van der Waals surface area contributed by atoms with Gasteiger partial charge in [0.1, 0.15) is 0 Å². The zero-order valence-electron chi connectivity index (χ0n) is 12.3. The minimum Gasteiger partial charge on any atom is -0.331 e. The first-order chi connectivity index (χ1) is 11.1. The lowest BCUT2D eigenvalue weighted by Gasteiger charge is -2.04. The Morgan fingerprint density at radius 2 is 1.87 bits per heavy atom. The minimum absolute atomic E-state index is 0.0775. The second kappa shape index (κ2) is 6.93. The zero-order chi connectivity index (χ0) is 16.2. The maximum absolute atomic E-state index is 11.0. The highest BCUT2D eigenvalue weighted by Gasteiger charge is 2.06. The molecule has 1 amide bonds. The van der Waals surface area contributed by atoms with Gasteiger partial charge in [0.25, 0.3) is 0 Å². The topological polar surface area (TPSA) is 54.0 Å². The van der Waals surface area contributed by atoms with Crippen LogP contribution in [0.2, 0.25) is 0 Å². The molecule has 0 unspecified atom stereocenters. The standard InChI is InChI=1S/C17H14BrN3OS/c1-11(22)19-13-8-6-12(7-9-13)16-10-23-17(21-16)20-15-5-3-2-4-14(15)18/h2-10H,1H3,(H,19,22)(H,20,21). The Morgan fingerprint density at radius 3 is 2.57 bits per heavy atom. The highest BCUT2D eigenvalue weighted by molar-refractivity contribution is 9.10. The van der Waals surface area contributed by atoms with Gasteiger partial charge >= 0.3 is 0 Å². The Balaban J connectivity index is 1.76. The molecule has 3 aromatic rings. The highest BCUT2D eigenvalue weighted by atomic mass is 79.9. The number of nitrogens with one attached hydrogen (secondary N) is 2. The first kappa shape index (κ1) is 15.7. The molecule has 0 saturated carbocycles. The van der Waals surface area contributed by atoms with Gasteiger partial charge in [-0.1, -0.05) is 24.3 Å². The second-order valence-electron chi connectivity index (χ2n) is 4.90. The average Bonchev–Trinajstić information content (AvgIpc) is 2.98. The van der Waals surface area contributed by atoms with E-state index in [1.807, 2.05) is 53.9 Å². The van der Waals surface area contributed by atoms with E-state index in [1.54, 1.807) is 11.3 Å². The van der Waals surface area contributed by atoms with Gasteiger partial charge in [-0.2, -0.15) is 0 Å². The van der Waals surface area contributed by atoms with Crippen LogP contribution in [0.4, 0.5) is 16.5 Å². The largest absolute Gasteiger partial charge is 0.331 e. The van der Waals surface area contributed by atoms with E-state index in [1.165, 1.54) is 6.92 Å². The van der Waals surface area contributed by atoms with Gasteiger partial charge in [-0.25, -0.2) is 4.98 Å². The first-order valence-corrected chi connectivity index (χ1v) is 8.64. The summed E-state index contributed by atoms with van der Waals surface area (Å²) in [4.78, 5) is 15.6. The quantitative estimate of drug-likeness (QED) is 0.640. The molecule has 0 aliphatic carbocycles. The molecule has 3 rings (SSSR count). The van der Waals surface area contributed by atoms with Crippen molar-refractivity contribution in [1.82, 2.24) is 4.98 Å². The summed E-state index contributed by atoms with van der Waals surface area (Å²) in [5.74, 6) is -0.0775. The summed E-state index contributed by atoms with van der Waals surface area (Å²) in [6.07, 6.45) is 0. The smallest absolute Gasteiger partial charge is 0.221 e. The summed E-state index contributed by atoms with van der Waals surface area (Å²) in [5, 5.41) is 8.89. The van der Waals surface area contributed by atoms with E-state index < -0.39 is 0 Å². The number of hydrogen-bond acceptors (Lipinski definition) is 4. The average molecular weight is 388 g/mol. The summed E-state index contributed by atoms with van der Waals surface area (Å²) < 4.78 is 0.997. The Bertz CT molecular complexity index is 830. The monoisotopic (exact) mass is 387 g/mol. The molecule has 4 nitrogen and oxygen atoms in total. The van der Waals surface area contributed by atoms with Crippen LogP contribution in [0.1, 0.15) is 6.92 Å². The molecule has 2 aromatic carbocycles. The molecule has 6 heteroatoms. The summed E-state index contributed by atoms with van der Waals surface area (Å²) >= 11 is 5.06. The minimum atomic E-state index is -0.0775. The van der Waals surface area contributed by atoms with Crippen LogP contribution in [0.25, 0.3) is 11.3 Å². The number of para-hydroxylation sites is 1. The van der Waals surface area contributed by atoms with Gasteiger partial charge in [0.15, 0.2) is 5.13 Å². The van der Waals surface area contributed by atoms with Gasteiger partial charge in [0.05, 0.1) is 11.4 Å². The fourth-order valence-electron chi connectivity index (χ4n) is 2.07. The van der Waals surface area contributed by atoms with Crippen LogP contribution < -0.4 is 10.6 Å². The summed E-state index contributed by atoms with van der Waals surface area (Å²) in [5.41, 5.74) is 3.67. The van der Waals surface area contributed by atoms with Gasteiger partial charge in [-0.15, -0.1) is 11.3 Å². The number of thiazole rings is 1. The van der Waals surface area contributed by atoms with Crippen LogP contribution >= 0.6 is 27.3 Å². The maximum Gasteiger partial charge on any atom is 0.221 e. The summed E-state index contributed by atoms with van der Waals surface area (Å²) in [7, 11) is 0. The Hall–Kier alpha value is -2.18. The van der Waals surface area contributed by atoms with Crippen molar-refractivity contribution in [2.24, 2.45) is 0 Å². The molecule has 2 N–H and O–H groups in total. The number of anilines is 3. The van der Waals surface area contributed by atoms with Crippen LogP contribution in [0.5, 0.6) is 0 Å². The van der Waals surface area contributed by atoms with Gasteiger partial charge in [-0.05, 0) is 40.2 Å². The van der Waals surface area contributed by atoms with Gasteiger partial charge in [-0.3, -0.25) is 4.79 Å². The van der Waals surface area contributed by atoms with Crippen molar-refractivity contribution < 1.29 is 4.79 Å². The van der Waals surface area contributed by atoms with Crippen molar-refractivity contribution in [1.29, 1.82) is 0 Å². The van der Waals surface area contributed by atoms with Crippen LogP contribution in [0, 0.1) is 0 Å². The van der Waals surface area contributed by atoms with Crippen molar-refractivity contribution in [2.75, 3.05) is 10.6 Å². The normalized spacial score (nSPS) is 10.3. The Labute approximate surface area is 146 Å². The third-order valence-electron chi connectivity index (χ3n) is 3.12. The molecule has 1 aromatic heterocycles. The van der Waals surface area contributed by atoms with E-state index in [0.717, 1.165) is 32.2 Å². The predicted molar refractivity (Wildman–Crippen MR) is 99.3 cm³/mol. The molecule has 23 heavy (non-hydrogen) atoms. The Morgan fingerprint density at radius 1 is 1.13 bits per heavy atom. The van der Waals surface area contributed by atoms with E-state index in [4.69, 9.17) is 0 Å². The predicted octanol–water partition coefficient (Wildman–Crippen LogP) is 5.27. The molecule has 0 spiro atoms. The lowest BCUT2D eigenvalue weighted by atomic mass is 10.1.